The number of amides is 2. The Bertz CT molecular complexity index is 822. The van der Waals surface area contributed by atoms with Crippen LogP contribution in [0.4, 0.5) is 4.39 Å². The topological polar surface area (TPSA) is 84.2 Å². The van der Waals surface area contributed by atoms with Crippen LogP contribution in [0.2, 0.25) is 5.02 Å². The highest BCUT2D eigenvalue weighted by molar-refractivity contribution is 6.33. The number of carbonyl (C=O) groups excluding carboxylic acids is 2. The molecular formula is C18H21ClFN3O3. The van der Waals surface area contributed by atoms with E-state index in [2.05, 4.69) is 15.8 Å². The molecule has 26 heavy (non-hydrogen) atoms. The molecule has 0 radical (unpaired) electrons. The molecule has 1 aromatic carbocycles. The molecule has 1 aromatic heterocycles. The fourth-order valence-electron chi connectivity index (χ4n) is 2.56. The van der Waals surface area contributed by atoms with E-state index in [9.17, 15) is 14.0 Å². The van der Waals surface area contributed by atoms with Crippen molar-refractivity contribution in [2.24, 2.45) is 5.41 Å². The fraction of sp³-hybridized carbons (Fsp3) is 0.389. The van der Waals surface area contributed by atoms with E-state index >= 15 is 0 Å². The minimum absolute atomic E-state index is 0.00679. The number of halogens is 2. The molecule has 140 valence electrons. The van der Waals surface area contributed by atoms with E-state index in [-0.39, 0.29) is 33.5 Å². The van der Waals surface area contributed by atoms with Crippen LogP contribution in [0.3, 0.4) is 0 Å². The molecule has 1 unspecified atom stereocenters. The Balaban J connectivity index is 2.48. The van der Waals surface area contributed by atoms with Crippen LogP contribution in [-0.4, -0.2) is 30.1 Å². The Morgan fingerprint density at radius 3 is 2.50 bits per heavy atom. The number of nitrogens with one attached hydrogen (secondary N) is 2. The van der Waals surface area contributed by atoms with Crippen molar-refractivity contribution in [1.29, 1.82) is 0 Å². The van der Waals surface area contributed by atoms with Crippen molar-refractivity contribution in [3.8, 4) is 11.3 Å². The zero-order valence-corrected chi connectivity index (χ0v) is 16.0. The fourth-order valence-corrected chi connectivity index (χ4v) is 2.81. The Morgan fingerprint density at radius 2 is 1.96 bits per heavy atom. The summed E-state index contributed by atoms with van der Waals surface area (Å²) in [7, 11) is 1.49. The van der Waals surface area contributed by atoms with Gasteiger partial charge in [0, 0.05) is 7.05 Å². The molecule has 0 aliphatic heterocycles. The summed E-state index contributed by atoms with van der Waals surface area (Å²) in [5, 5.41) is 9.12. The number of aryl methyl sites for hydroxylation is 1. The second kappa shape index (κ2) is 7.45. The lowest BCUT2D eigenvalue weighted by Crippen LogP contribution is -2.53. The molecule has 0 fully saturated rings. The smallest absolute Gasteiger partial charge is 0.257 e. The highest BCUT2D eigenvalue weighted by Gasteiger charge is 2.34. The standard InChI is InChI=1S/C18H21ClFN3O3/c1-9-12(16(24)22-15(17(25)21-5)18(2,3)4)14(23-26-9)13-10(19)7-6-8-11(13)20/h6-8,15H,1-5H3,(H,21,25)(H,22,24). The molecule has 8 heteroatoms. The average Bonchev–Trinajstić information content (AvgIpc) is 2.92. The first kappa shape index (κ1) is 19.9. The number of carbonyl (C=O) groups is 2. The van der Waals surface area contributed by atoms with Gasteiger partial charge in [-0.1, -0.05) is 43.6 Å². The number of rotatable bonds is 4. The largest absolute Gasteiger partial charge is 0.360 e. The molecule has 2 aromatic rings. The number of hydrogen-bond donors (Lipinski definition) is 2. The van der Waals surface area contributed by atoms with Crippen molar-refractivity contribution < 1.29 is 18.5 Å². The lowest BCUT2D eigenvalue weighted by molar-refractivity contribution is -0.124. The number of hydrogen-bond acceptors (Lipinski definition) is 4. The lowest BCUT2D eigenvalue weighted by Gasteiger charge is -2.29. The molecule has 2 N–H and O–H groups in total. The number of aromatic nitrogens is 1. The molecule has 1 heterocycles. The van der Waals surface area contributed by atoms with E-state index in [0.717, 1.165) is 0 Å². The van der Waals surface area contributed by atoms with Crippen LogP contribution in [0.5, 0.6) is 0 Å². The first-order valence-corrected chi connectivity index (χ1v) is 8.38. The van der Waals surface area contributed by atoms with E-state index in [1.165, 1.54) is 32.2 Å². The summed E-state index contributed by atoms with van der Waals surface area (Å²) in [6, 6.07) is 3.36. The zero-order chi connectivity index (χ0) is 19.6. The Labute approximate surface area is 156 Å². The predicted molar refractivity (Wildman–Crippen MR) is 96.4 cm³/mol. The van der Waals surface area contributed by atoms with Crippen LogP contribution >= 0.6 is 11.6 Å². The van der Waals surface area contributed by atoms with Crippen LogP contribution in [0, 0.1) is 18.2 Å². The van der Waals surface area contributed by atoms with E-state index in [1.807, 2.05) is 20.8 Å². The molecule has 0 spiro atoms. The van der Waals surface area contributed by atoms with Crippen LogP contribution in [-0.2, 0) is 4.79 Å². The van der Waals surface area contributed by atoms with E-state index < -0.39 is 23.2 Å². The van der Waals surface area contributed by atoms with Gasteiger partial charge < -0.3 is 15.2 Å². The van der Waals surface area contributed by atoms with Crippen molar-refractivity contribution in [3.63, 3.8) is 0 Å². The van der Waals surface area contributed by atoms with Gasteiger partial charge in [0.05, 0.1) is 10.6 Å². The molecule has 0 bridgehead atoms. The van der Waals surface area contributed by atoms with Gasteiger partial charge in [-0.05, 0) is 24.5 Å². The second-order valence-electron chi connectivity index (χ2n) is 6.95. The first-order chi connectivity index (χ1) is 12.1. The van der Waals surface area contributed by atoms with Gasteiger partial charge in [-0.3, -0.25) is 9.59 Å². The lowest BCUT2D eigenvalue weighted by atomic mass is 9.86. The van der Waals surface area contributed by atoms with Gasteiger partial charge in [0.15, 0.2) is 0 Å². The Morgan fingerprint density at radius 1 is 1.31 bits per heavy atom. The van der Waals surface area contributed by atoms with Crippen LogP contribution < -0.4 is 10.6 Å². The second-order valence-corrected chi connectivity index (χ2v) is 7.35. The Kier molecular flexibility index (Phi) is 5.71. The van der Waals surface area contributed by atoms with Gasteiger partial charge in [-0.25, -0.2) is 4.39 Å². The first-order valence-electron chi connectivity index (χ1n) is 8.01. The summed E-state index contributed by atoms with van der Waals surface area (Å²) >= 11 is 6.08. The number of benzene rings is 1. The van der Waals surface area contributed by atoms with E-state index in [0.29, 0.717) is 0 Å². The van der Waals surface area contributed by atoms with Gasteiger partial charge in [0.1, 0.15) is 28.9 Å². The normalized spacial score (nSPS) is 12.6. The van der Waals surface area contributed by atoms with Gasteiger partial charge in [-0.2, -0.15) is 0 Å². The van der Waals surface area contributed by atoms with Crippen LogP contribution in [0.25, 0.3) is 11.3 Å². The third kappa shape index (κ3) is 3.88. The molecule has 1 atom stereocenters. The monoisotopic (exact) mass is 381 g/mol. The average molecular weight is 382 g/mol. The van der Waals surface area contributed by atoms with Gasteiger partial charge in [0.25, 0.3) is 5.91 Å². The SMILES string of the molecule is CNC(=O)C(NC(=O)c1c(-c2c(F)cccc2Cl)noc1C)C(C)(C)C. The number of nitrogens with zero attached hydrogens (tertiary/aromatic N) is 1. The molecule has 6 nitrogen and oxygen atoms in total. The zero-order valence-electron chi connectivity index (χ0n) is 15.2. The highest BCUT2D eigenvalue weighted by Crippen LogP contribution is 2.33. The molecule has 0 saturated carbocycles. The molecule has 0 aliphatic carbocycles. The summed E-state index contributed by atoms with van der Waals surface area (Å²) < 4.78 is 19.4. The van der Waals surface area contributed by atoms with Crippen molar-refractivity contribution in [2.75, 3.05) is 7.05 Å². The highest BCUT2D eigenvalue weighted by atomic mass is 35.5. The summed E-state index contributed by atoms with van der Waals surface area (Å²) in [6.45, 7) is 7.00. The summed E-state index contributed by atoms with van der Waals surface area (Å²) in [4.78, 5) is 25.0. The maximum absolute atomic E-state index is 14.3. The van der Waals surface area contributed by atoms with Crippen LogP contribution in [0.1, 0.15) is 36.9 Å². The summed E-state index contributed by atoms with van der Waals surface area (Å²) in [6.07, 6.45) is 0. The van der Waals surface area contributed by atoms with E-state index in [1.54, 1.807) is 0 Å². The quantitative estimate of drug-likeness (QED) is 0.850. The van der Waals surface area contributed by atoms with Crippen molar-refractivity contribution in [3.05, 3.63) is 40.4 Å². The molecular weight excluding hydrogens is 361 g/mol. The van der Waals surface area contributed by atoms with Crippen molar-refractivity contribution in [2.45, 2.75) is 33.7 Å². The van der Waals surface area contributed by atoms with Crippen molar-refractivity contribution >= 4 is 23.4 Å². The maximum Gasteiger partial charge on any atom is 0.257 e. The third-order valence-corrected chi connectivity index (χ3v) is 4.25. The minimum Gasteiger partial charge on any atom is -0.360 e. The summed E-state index contributed by atoms with van der Waals surface area (Å²) in [5.74, 6) is -1.37. The third-order valence-electron chi connectivity index (χ3n) is 3.94. The van der Waals surface area contributed by atoms with Gasteiger partial charge in [0.2, 0.25) is 5.91 Å². The van der Waals surface area contributed by atoms with Crippen LogP contribution in [0.15, 0.2) is 22.7 Å². The minimum atomic E-state index is -0.807. The molecule has 0 saturated heterocycles. The number of likely N-dealkylation sites (N-methyl/N-ethyl adjacent to an activating group) is 1. The predicted octanol–water partition coefficient (Wildman–Crippen LogP) is 3.33. The van der Waals surface area contributed by atoms with Gasteiger partial charge in [-0.15, -0.1) is 0 Å². The van der Waals surface area contributed by atoms with E-state index in [4.69, 9.17) is 16.1 Å². The molecule has 0 aliphatic rings. The maximum atomic E-state index is 14.3. The molecule has 2 amide bonds. The van der Waals surface area contributed by atoms with Gasteiger partial charge >= 0.3 is 0 Å². The molecule has 2 rings (SSSR count). The van der Waals surface area contributed by atoms with Crippen molar-refractivity contribution in [1.82, 2.24) is 15.8 Å². The Hall–Kier alpha value is -2.41. The summed E-state index contributed by atoms with van der Waals surface area (Å²) in [5.41, 5.74) is -0.539.